The highest BCUT2D eigenvalue weighted by atomic mass is 19.1. The van der Waals surface area contributed by atoms with Gasteiger partial charge in [-0.25, -0.2) is 9.37 Å². The molecule has 36 heavy (non-hydrogen) atoms. The highest BCUT2D eigenvalue weighted by Crippen LogP contribution is 2.52. The molecule has 2 bridgehead atoms. The van der Waals surface area contributed by atoms with E-state index in [9.17, 15) is 4.39 Å². The fourth-order valence-electron chi connectivity index (χ4n) is 5.81. The summed E-state index contributed by atoms with van der Waals surface area (Å²) in [6, 6.07) is 6.71. The molecule has 4 heterocycles. The Labute approximate surface area is 208 Å². The summed E-state index contributed by atoms with van der Waals surface area (Å²) in [7, 11) is 3.64. The van der Waals surface area contributed by atoms with Gasteiger partial charge in [-0.05, 0) is 44.5 Å². The van der Waals surface area contributed by atoms with Gasteiger partial charge in [-0.1, -0.05) is 0 Å². The number of aromatic nitrogens is 5. The molecule has 3 atom stereocenters. The van der Waals surface area contributed by atoms with Gasteiger partial charge >= 0.3 is 0 Å². The average molecular weight is 489 g/mol. The first-order valence-corrected chi connectivity index (χ1v) is 12.2. The molecule has 8 nitrogen and oxygen atoms in total. The van der Waals surface area contributed by atoms with E-state index in [1.54, 1.807) is 19.4 Å². The van der Waals surface area contributed by atoms with Crippen LogP contribution in [0.4, 0.5) is 10.2 Å². The maximum atomic E-state index is 14.5. The summed E-state index contributed by atoms with van der Waals surface area (Å²) in [5.74, 6) is 0.589. The van der Waals surface area contributed by atoms with Crippen molar-refractivity contribution in [2.75, 3.05) is 19.5 Å². The molecule has 9 heteroatoms. The van der Waals surface area contributed by atoms with Crippen LogP contribution < -0.4 is 10.5 Å². The number of nitrogen functional groups attached to an aromatic ring is 1. The fourth-order valence-corrected chi connectivity index (χ4v) is 5.81. The van der Waals surface area contributed by atoms with Gasteiger partial charge < -0.3 is 15.2 Å². The van der Waals surface area contributed by atoms with Gasteiger partial charge in [-0.15, -0.1) is 0 Å². The molecule has 0 radical (unpaired) electrons. The number of methoxy groups -OCH3 is 1. The molecule has 186 valence electrons. The third-order valence-corrected chi connectivity index (χ3v) is 7.34. The highest BCUT2D eigenvalue weighted by Gasteiger charge is 2.41. The van der Waals surface area contributed by atoms with Crippen molar-refractivity contribution in [3.05, 3.63) is 64.9 Å². The van der Waals surface area contributed by atoms with Crippen LogP contribution in [0, 0.1) is 5.82 Å². The van der Waals surface area contributed by atoms with Crippen molar-refractivity contribution >= 4 is 5.82 Å². The molecule has 0 saturated heterocycles. The summed E-state index contributed by atoms with van der Waals surface area (Å²) in [6.07, 6.45) is 4.21. The zero-order valence-corrected chi connectivity index (χ0v) is 20.8. The number of aryl methyl sites for hydroxylation is 2. The molecular formula is C27H29FN6O2. The maximum Gasteiger partial charge on any atom is 0.166 e. The number of rotatable bonds is 3. The molecule has 0 saturated carbocycles. The highest BCUT2D eigenvalue weighted by molar-refractivity contribution is 5.75. The third kappa shape index (κ3) is 3.41. The molecule has 0 amide bonds. The van der Waals surface area contributed by atoms with Crippen LogP contribution in [0.15, 0.2) is 36.7 Å². The molecule has 1 unspecified atom stereocenters. The second-order valence-electron chi connectivity index (χ2n) is 9.61. The summed E-state index contributed by atoms with van der Waals surface area (Å²) in [5, 5.41) is 9.91. The van der Waals surface area contributed by atoms with E-state index < -0.39 is 6.10 Å². The lowest BCUT2D eigenvalue weighted by molar-refractivity contribution is 0.176. The number of anilines is 1. The van der Waals surface area contributed by atoms with Gasteiger partial charge in [0.25, 0.3) is 0 Å². The molecule has 1 aliphatic heterocycles. The van der Waals surface area contributed by atoms with Crippen molar-refractivity contribution in [2.24, 2.45) is 7.05 Å². The van der Waals surface area contributed by atoms with Crippen LogP contribution in [0.2, 0.25) is 0 Å². The quantitative estimate of drug-likeness (QED) is 0.445. The van der Waals surface area contributed by atoms with E-state index in [-0.39, 0.29) is 23.5 Å². The van der Waals surface area contributed by atoms with E-state index in [0.717, 1.165) is 45.8 Å². The zero-order chi connectivity index (χ0) is 25.1. The van der Waals surface area contributed by atoms with E-state index in [0.29, 0.717) is 24.5 Å². The van der Waals surface area contributed by atoms with Crippen molar-refractivity contribution in [2.45, 2.75) is 44.8 Å². The first-order valence-electron chi connectivity index (χ1n) is 12.2. The average Bonchev–Trinajstić information content (AvgIpc) is 3.52. The summed E-state index contributed by atoms with van der Waals surface area (Å²) in [4.78, 5) is 4.47. The lowest BCUT2D eigenvalue weighted by Gasteiger charge is -2.22. The van der Waals surface area contributed by atoms with Gasteiger partial charge in [-0.2, -0.15) is 10.2 Å². The van der Waals surface area contributed by atoms with Crippen LogP contribution in [0.5, 0.6) is 5.75 Å². The van der Waals surface area contributed by atoms with Crippen molar-refractivity contribution in [1.82, 2.24) is 24.5 Å². The van der Waals surface area contributed by atoms with Gasteiger partial charge in [0.05, 0.1) is 23.7 Å². The largest absolute Gasteiger partial charge is 0.482 e. The van der Waals surface area contributed by atoms with Crippen LogP contribution in [0.1, 0.15) is 60.6 Å². The van der Waals surface area contributed by atoms with Crippen molar-refractivity contribution in [1.29, 1.82) is 0 Å². The Morgan fingerprint density at radius 2 is 2.06 bits per heavy atom. The van der Waals surface area contributed by atoms with E-state index in [1.807, 2.05) is 29.4 Å². The Balaban J connectivity index is 1.70. The first kappa shape index (κ1) is 22.7. The molecule has 1 aromatic carbocycles. The van der Waals surface area contributed by atoms with E-state index >= 15 is 0 Å². The molecule has 3 aromatic heterocycles. The van der Waals surface area contributed by atoms with Crippen LogP contribution in [-0.2, 0) is 18.3 Å². The Morgan fingerprint density at radius 3 is 2.83 bits per heavy atom. The van der Waals surface area contributed by atoms with Crippen LogP contribution in [-0.4, -0.2) is 38.3 Å². The minimum Gasteiger partial charge on any atom is -0.482 e. The van der Waals surface area contributed by atoms with Crippen molar-refractivity contribution in [3.63, 3.8) is 0 Å². The number of ether oxygens (including phenoxy) is 2. The molecule has 0 fully saturated rings. The summed E-state index contributed by atoms with van der Waals surface area (Å²) in [5.41, 5.74) is 13.8. The Morgan fingerprint density at radius 1 is 1.22 bits per heavy atom. The SMILES string of the molecule is CCn1nc2c3c1-c1cnc(N)c(c1)O[C@H](C)c1cc(F)ccc1-c1nn(C)cc1[C@H]3CC2COC. The second kappa shape index (κ2) is 8.44. The molecule has 2 aliphatic rings. The number of pyridine rings is 1. The minimum atomic E-state index is -0.486. The van der Waals surface area contributed by atoms with Crippen LogP contribution >= 0.6 is 0 Å². The number of halogens is 1. The first-order chi connectivity index (χ1) is 17.4. The summed E-state index contributed by atoms with van der Waals surface area (Å²) >= 11 is 0. The third-order valence-electron chi connectivity index (χ3n) is 7.34. The predicted molar refractivity (Wildman–Crippen MR) is 134 cm³/mol. The zero-order valence-electron chi connectivity index (χ0n) is 20.8. The Hall–Kier alpha value is -3.72. The smallest absolute Gasteiger partial charge is 0.166 e. The number of fused-ring (bicyclic) bond motifs is 7. The van der Waals surface area contributed by atoms with Crippen LogP contribution in [0.25, 0.3) is 22.5 Å². The Bertz CT molecular complexity index is 1480. The topological polar surface area (TPSA) is 93.0 Å². The Kier molecular flexibility index (Phi) is 5.33. The molecule has 6 rings (SSSR count). The summed E-state index contributed by atoms with van der Waals surface area (Å²) < 4.78 is 30.3. The number of benzene rings is 1. The monoisotopic (exact) mass is 488 g/mol. The van der Waals surface area contributed by atoms with Crippen molar-refractivity contribution < 1.29 is 13.9 Å². The lowest BCUT2D eigenvalue weighted by atomic mass is 9.87. The standard InChI is InChI=1S/C27H29FN6O2/c1-5-34-26-15-9-22(27(29)30-11-15)36-14(2)19-10-17(28)6-7-18(19)25-21(12-33(3)31-25)20-8-16(13-35-4)24(32-34)23(20)26/h6-7,9-12,14,16,20H,5,8,13H2,1-4H3,(H2,29,30)/t14-,16?,20-/m1/s1. The maximum absolute atomic E-state index is 14.5. The van der Waals surface area contributed by atoms with E-state index in [2.05, 4.69) is 18.1 Å². The lowest BCUT2D eigenvalue weighted by Crippen LogP contribution is -2.11. The molecule has 0 spiro atoms. The molecular weight excluding hydrogens is 459 g/mol. The number of nitrogens with zero attached hydrogens (tertiary/aromatic N) is 5. The van der Waals surface area contributed by atoms with Gasteiger partial charge in [0, 0.05) is 72.7 Å². The minimum absolute atomic E-state index is 0.0358. The van der Waals surface area contributed by atoms with E-state index in [1.165, 1.54) is 12.1 Å². The predicted octanol–water partition coefficient (Wildman–Crippen LogP) is 4.81. The van der Waals surface area contributed by atoms with E-state index in [4.69, 9.17) is 25.4 Å². The number of hydrogen-bond acceptors (Lipinski definition) is 6. The second-order valence-corrected chi connectivity index (χ2v) is 9.61. The molecule has 2 N–H and O–H groups in total. The van der Waals surface area contributed by atoms with Gasteiger partial charge in [-0.3, -0.25) is 9.36 Å². The van der Waals surface area contributed by atoms with Gasteiger partial charge in [0.15, 0.2) is 11.6 Å². The normalized spacial score (nSPS) is 20.1. The van der Waals surface area contributed by atoms with Gasteiger partial charge in [0.1, 0.15) is 11.9 Å². The molecule has 4 aromatic rings. The molecule has 1 aliphatic carbocycles. The summed E-state index contributed by atoms with van der Waals surface area (Å²) in [6.45, 7) is 5.25. The van der Waals surface area contributed by atoms with Gasteiger partial charge in [0.2, 0.25) is 0 Å². The fraction of sp³-hybridized carbons (Fsp3) is 0.370. The van der Waals surface area contributed by atoms with Crippen molar-refractivity contribution in [3.8, 4) is 28.3 Å². The number of hydrogen-bond donors (Lipinski definition) is 1. The van der Waals surface area contributed by atoms with Crippen LogP contribution in [0.3, 0.4) is 0 Å². The number of nitrogens with two attached hydrogens (primary N) is 1.